The summed E-state index contributed by atoms with van der Waals surface area (Å²) in [6.07, 6.45) is 6.61. The zero-order valence-corrected chi connectivity index (χ0v) is 12.3. The predicted molar refractivity (Wildman–Crippen MR) is 79.2 cm³/mol. The van der Waals surface area contributed by atoms with Gasteiger partial charge in [-0.15, -0.1) is 6.58 Å². The van der Waals surface area contributed by atoms with E-state index in [9.17, 15) is 14.4 Å². The predicted octanol–water partition coefficient (Wildman–Crippen LogP) is 0.865. The van der Waals surface area contributed by atoms with Gasteiger partial charge in [-0.05, 0) is 6.42 Å². The number of aromatic nitrogens is 3. The van der Waals surface area contributed by atoms with Crippen LogP contribution in [-0.4, -0.2) is 13.7 Å². The molecule has 1 rings (SSSR count). The molecule has 0 atom stereocenters. The van der Waals surface area contributed by atoms with Gasteiger partial charge in [0.25, 0.3) is 0 Å². The van der Waals surface area contributed by atoms with Crippen molar-refractivity contribution in [3.8, 4) is 0 Å². The first kappa shape index (κ1) is 16.2. The van der Waals surface area contributed by atoms with Gasteiger partial charge in [-0.2, -0.15) is 0 Å². The number of hydrogen-bond acceptors (Lipinski definition) is 3. The van der Waals surface area contributed by atoms with Crippen LogP contribution in [0.2, 0.25) is 0 Å². The Labute approximate surface area is 118 Å². The molecule has 6 heteroatoms. The number of rotatable bonds is 8. The number of allylic oxidation sites excluding steroid dienone is 1. The molecule has 0 radical (unpaired) electrons. The molecule has 6 nitrogen and oxygen atoms in total. The Hall–Kier alpha value is -1.85. The number of unbranched alkanes of at least 4 members (excludes halogenated alkanes) is 4. The van der Waals surface area contributed by atoms with Gasteiger partial charge in [-0.25, -0.2) is 28.1 Å². The minimum absolute atomic E-state index is 0.113. The van der Waals surface area contributed by atoms with Gasteiger partial charge in [0.15, 0.2) is 0 Å². The smallest absolute Gasteiger partial charge is 0.248 e. The Morgan fingerprint density at radius 1 is 0.950 bits per heavy atom. The van der Waals surface area contributed by atoms with Gasteiger partial charge < -0.3 is 0 Å². The molecular formula is C14H23N3O3. The van der Waals surface area contributed by atoms with Crippen LogP contribution in [0.5, 0.6) is 0 Å². The van der Waals surface area contributed by atoms with Crippen molar-refractivity contribution < 1.29 is 0 Å². The van der Waals surface area contributed by atoms with E-state index in [0.717, 1.165) is 45.8 Å². The van der Waals surface area contributed by atoms with Crippen molar-refractivity contribution in [1.29, 1.82) is 0 Å². The molecule has 0 N–H and O–H groups in total. The Morgan fingerprint density at radius 3 is 2.15 bits per heavy atom. The maximum atomic E-state index is 12.1. The fourth-order valence-electron chi connectivity index (χ4n) is 2.10. The molecule has 0 saturated carbocycles. The Kier molecular flexibility index (Phi) is 6.21. The lowest BCUT2D eigenvalue weighted by molar-refractivity contribution is 0.466. The van der Waals surface area contributed by atoms with Crippen LogP contribution in [0.1, 0.15) is 39.0 Å². The van der Waals surface area contributed by atoms with E-state index in [2.05, 4.69) is 13.5 Å². The summed E-state index contributed by atoms with van der Waals surface area (Å²) in [5.41, 5.74) is -1.69. The molecule has 0 aliphatic heterocycles. The van der Waals surface area contributed by atoms with E-state index in [-0.39, 0.29) is 6.54 Å². The van der Waals surface area contributed by atoms with Crippen LogP contribution >= 0.6 is 0 Å². The fourth-order valence-corrected chi connectivity index (χ4v) is 2.10. The highest BCUT2D eigenvalue weighted by atomic mass is 16.2. The second-order valence-corrected chi connectivity index (χ2v) is 4.87. The third kappa shape index (κ3) is 3.59. The highest BCUT2D eigenvalue weighted by Crippen LogP contribution is 2.02. The van der Waals surface area contributed by atoms with Crippen molar-refractivity contribution in [2.45, 2.75) is 52.1 Å². The summed E-state index contributed by atoms with van der Waals surface area (Å²) in [5, 5.41) is 0. The third-order valence-corrected chi connectivity index (χ3v) is 3.29. The summed E-state index contributed by atoms with van der Waals surface area (Å²) >= 11 is 0. The second kappa shape index (κ2) is 7.67. The second-order valence-electron chi connectivity index (χ2n) is 4.87. The first-order chi connectivity index (χ1) is 9.54. The highest BCUT2D eigenvalue weighted by Gasteiger charge is 2.11. The van der Waals surface area contributed by atoms with Crippen LogP contribution in [-0.2, 0) is 20.1 Å². The van der Waals surface area contributed by atoms with Crippen LogP contribution in [0, 0.1) is 0 Å². The van der Waals surface area contributed by atoms with Crippen molar-refractivity contribution in [3.05, 3.63) is 44.1 Å². The zero-order chi connectivity index (χ0) is 15.1. The molecule has 1 heterocycles. The molecule has 0 fully saturated rings. The summed E-state index contributed by atoms with van der Waals surface area (Å²) in [5.74, 6) is 0. The number of hydrogen-bond donors (Lipinski definition) is 0. The topological polar surface area (TPSA) is 66.0 Å². The van der Waals surface area contributed by atoms with Crippen molar-refractivity contribution in [2.24, 2.45) is 7.05 Å². The lowest BCUT2D eigenvalue weighted by atomic mass is 10.1. The van der Waals surface area contributed by atoms with Crippen LogP contribution in [0.25, 0.3) is 0 Å². The molecule has 0 amide bonds. The molecule has 0 aliphatic carbocycles. The van der Waals surface area contributed by atoms with Gasteiger partial charge in [-0.3, -0.25) is 0 Å². The molecular weight excluding hydrogens is 258 g/mol. The maximum absolute atomic E-state index is 12.1. The lowest BCUT2D eigenvalue weighted by Gasteiger charge is -2.10. The Morgan fingerprint density at radius 2 is 1.55 bits per heavy atom. The van der Waals surface area contributed by atoms with E-state index in [1.807, 2.05) is 0 Å². The fraction of sp³-hybridized carbons (Fsp3) is 0.643. The summed E-state index contributed by atoms with van der Waals surface area (Å²) in [4.78, 5) is 35.9. The molecule has 0 bridgehead atoms. The van der Waals surface area contributed by atoms with E-state index in [0.29, 0.717) is 6.54 Å². The molecule has 20 heavy (non-hydrogen) atoms. The first-order valence-electron chi connectivity index (χ1n) is 7.06. The van der Waals surface area contributed by atoms with E-state index in [1.165, 1.54) is 13.1 Å². The molecule has 0 aromatic carbocycles. The molecule has 0 unspecified atom stereocenters. The average molecular weight is 281 g/mol. The quantitative estimate of drug-likeness (QED) is 0.524. The zero-order valence-electron chi connectivity index (χ0n) is 12.3. The van der Waals surface area contributed by atoms with Crippen molar-refractivity contribution in [1.82, 2.24) is 13.7 Å². The van der Waals surface area contributed by atoms with E-state index in [4.69, 9.17) is 0 Å². The van der Waals surface area contributed by atoms with Gasteiger partial charge in [-0.1, -0.05) is 38.7 Å². The molecule has 112 valence electrons. The maximum Gasteiger partial charge on any atom is 0.336 e. The first-order valence-corrected chi connectivity index (χ1v) is 7.06. The van der Waals surface area contributed by atoms with Crippen LogP contribution < -0.4 is 17.1 Å². The van der Waals surface area contributed by atoms with Gasteiger partial charge in [0, 0.05) is 13.6 Å². The van der Waals surface area contributed by atoms with E-state index < -0.39 is 17.1 Å². The molecule has 0 aliphatic rings. The van der Waals surface area contributed by atoms with Crippen molar-refractivity contribution in [3.63, 3.8) is 0 Å². The highest BCUT2D eigenvalue weighted by molar-refractivity contribution is 4.81. The molecule has 0 saturated heterocycles. The van der Waals surface area contributed by atoms with Crippen LogP contribution in [0.15, 0.2) is 27.0 Å². The van der Waals surface area contributed by atoms with Gasteiger partial charge in [0.05, 0.1) is 6.54 Å². The average Bonchev–Trinajstić information content (AvgIpc) is 2.44. The van der Waals surface area contributed by atoms with Gasteiger partial charge in [0.1, 0.15) is 0 Å². The molecule has 0 spiro atoms. The Bertz CT molecular complexity index is 622. The van der Waals surface area contributed by atoms with Crippen LogP contribution in [0.3, 0.4) is 0 Å². The van der Waals surface area contributed by atoms with E-state index in [1.54, 1.807) is 0 Å². The summed E-state index contributed by atoms with van der Waals surface area (Å²) in [6, 6.07) is 0. The summed E-state index contributed by atoms with van der Waals surface area (Å²) < 4.78 is 3.13. The molecule has 1 aromatic rings. The summed E-state index contributed by atoms with van der Waals surface area (Å²) in [6.45, 7) is 6.12. The normalized spacial score (nSPS) is 10.7. The SMILES string of the molecule is C=CCn1c(=O)n(C)c(=O)n(CCCCCCC)c1=O. The van der Waals surface area contributed by atoms with Crippen molar-refractivity contribution in [2.75, 3.05) is 0 Å². The van der Waals surface area contributed by atoms with Crippen LogP contribution in [0.4, 0.5) is 0 Å². The van der Waals surface area contributed by atoms with Gasteiger partial charge >= 0.3 is 17.1 Å². The Balaban J connectivity index is 3.01. The minimum Gasteiger partial charge on any atom is -0.248 e. The van der Waals surface area contributed by atoms with E-state index >= 15 is 0 Å². The minimum atomic E-state index is -0.595. The summed E-state index contributed by atoms with van der Waals surface area (Å²) in [7, 11) is 1.39. The third-order valence-electron chi connectivity index (χ3n) is 3.29. The van der Waals surface area contributed by atoms with Crippen molar-refractivity contribution >= 4 is 0 Å². The largest absolute Gasteiger partial charge is 0.336 e. The molecule has 1 aromatic heterocycles. The monoisotopic (exact) mass is 281 g/mol. The lowest BCUT2D eigenvalue weighted by Crippen LogP contribution is -2.53. The number of nitrogens with zero attached hydrogens (tertiary/aromatic N) is 3. The standard InChI is InChI=1S/C14H23N3O3/c1-4-6-7-8-9-11-17-13(19)15(3)12(18)16(10-5-2)14(17)20/h5H,2,4,6-11H2,1,3H3. The van der Waals surface area contributed by atoms with Gasteiger partial charge in [0.2, 0.25) is 0 Å².